The molecular formula is C16H15Br2NO5S. The molecule has 1 heterocycles. The van der Waals surface area contributed by atoms with E-state index in [-0.39, 0.29) is 11.0 Å². The number of esters is 1. The lowest BCUT2D eigenvalue weighted by Crippen LogP contribution is -2.35. The Kier molecular flexibility index (Phi) is 6.70. The number of nitrogens with zero attached hydrogens (tertiary/aromatic N) is 1. The molecule has 1 fully saturated rings. The minimum absolute atomic E-state index is 0.214. The number of rotatable bonds is 5. The molecule has 9 heteroatoms. The SMILES string of the molecule is COc1c(Br)cc(Br)cc1/C=C1/SC(=O)N(CC(=O)OC(C)C)C1=O. The number of benzene rings is 1. The van der Waals surface area contributed by atoms with Gasteiger partial charge in [0, 0.05) is 10.0 Å². The van der Waals surface area contributed by atoms with Crippen LogP contribution in [0.2, 0.25) is 0 Å². The number of halogens is 2. The molecule has 1 aromatic rings. The average Bonchev–Trinajstić information content (AvgIpc) is 2.73. The number of hydrogen-bond donors (Lipinski definition) is 0. The van der Waals surface area contributed by atoms with Crippen LogP contribution in [0, 0.1) is 0 Å². The van der Waals surface area contributed by atoms with Crippen molar-refractivity contribution in [3.05, 3.63) is 31.5 Å². The highest BCUT2D eigenvalue weighted by atomic mass is 79.9. The van der Waals surface area contributed by atoms with Crippen LogP contribution in [0.1, 0.15) is 19.4 Å². The van der Waals surface area contributed by atoms with E-state index in [1.54, 1.807) is 26.0 Å². The second kappa shape index (κ2) is 8.37. The molecule has 0 bridgehead atoms. The van der Waals surface area contributed by atoms with Crippen LogP contribution in [0.15, 0.2) is 26.0 Å². The van der Waals surface area contributed by atoms with Gasteiger partial charge in [-0.3, -0.25) is 19.3 Å². The Morgan fingerprint density at radius 3 is 2.60 bits per heavy atom. The van der Waals surface area contributed by atoms with Crippen molar-refractivity contribution < 1.29 is 23.9 Å². The molecule has 0 unspecified atom stereocenters. The maximum atomic E-state index is 12.5. The van der Waals surface area contributed by atoms with Crippen molar-refractivity contribution in [3.63, 3.8) is 0 Å². The van der Waals surface area contributed by atoms with E-state index in [1.807, 2.05) is 6.07 Å². The number of hydrogen-bond acceptors (Lipinski definition) is 6. The van der Waals surface area contributed by atoms with Crippen molar-refractivity contribution in [2.24, 2.45) is 0 Å². The first-order valence-electron chi connectivity index (χ1n) is 7.20. The van der Waals surface area contributed by atoms with E-state index in [9.17, 15) is 14.4 Å². The van der Waals surface area contributed by atoms with Crippen molar-refractivity contribution >= 4 is 66.8 Å². The quantitative estimate of drug-likeness (QED) is 0.453. The van der Waals surface area contributed by atoms with E-state index in [0.717, 1.165) is 21.1 Å². The van der Waals surface area contributed by atoms with E-state index in [0.29, 0.717) is 15.8 Å². The first-order chi connectivity index (χ1) is 11.7. The maximum absolute atomic E-state index is 12.5. The van der Waals surface area contributed by atoms with E-state index < -0.39 is 23.7 Å². The third-order valence-corrected chi connectivity index (χ3v) is 5.01. The predicted octanol–water partition coefficient (Wildman–Crippen LogP) is 4.21. The Morgan fingerprint density at radius 1 is 1.32 bits per heavy atom. The van der Waals surface area contributed by atoms with Crippen molar-refractivity contribution in [1.29, 1.82) is 0 Å². The van der Waals surface area contributed by atoms with Gasteiger partial charge in [-0.2, -0.15) is 0 Å². The molecule has 0 N–H and O–H groups in total. The fourth-order valence-corrected chi connectivity index (χ4v) is 4.36. The second-order valence-electron chi connectivity index (χ2n) is 5.32. The minimum Gasteiger partial charge on any atom is -0.495 e. The van der Waals surface area contributed by atoms with Crippen LogP contribution in [0.25, 0.3) is 6.08 Å². The van der Waals surface area contributed by atoms with E-state index in [4.69, 9.17) is 9.47 Å². The highest BCUT2D eigenvalue weighted by Crippen LogP contribution is 2.38. The number of imide groups is 1. The molecule has 0 atom stereocenters. The van der Waals surface area contributed by atoms with Crippen LogP contribution < -0.4 is 4.74 Å². The van der Waals surface area contributed by atoms with Gasteiger partial charge in [0.05, 0.1) is 22.6 Å². The summed E-state index contributed by atoms with van der Waals surface area (Å²) < 4.78 is 11.8. The molecule has 1 aromatic carbocycles. The van der Waals surface area contributed by atoms with Crippen LogP contribution >= 0.6 is 43.6 Å². The summed E-state index contributed by atoms with van der Waals surface area (Å²) in [6, 6.07) is 3.58. The van der Waals surface area contributed by atoms with Crippen LogP contribution in [-0.4, -0.2) is 41.8 Å². The van der Waals surface area contributed by atoms with E-state index in [1.165, 1.54) is 7.11 Å². The Morgan fingerprint density at radius 2 is 2.00 bits per heavy atom. The second-order valence-corrected chi connectivity index (χ2v) is 8.08. The Hall–Kier alpha value is -1.32. The summed E-state index contributed by atoms with van der Waals surface area (Å²) in [5, 5.41) is -0.509. The lowest BCUT2D eigenvalue weighted by atomic mass is 10.2. The van der Waals surface area contributed by atoms with Gasteiger partial charge in [0.25, 0.3) is 11.1 Å². The zero-order valence-corrected chi connectivity index (χ0v) is 17.7. The molecule has 134 valence electrons. The van der Waals surface area contributed by atoms with Crippen LogP contribution in [0.3, 0.4) is 0 Å². The molecule has 0 radical (unpaired) electrons. The number of methoxy groups -OCH3 is 1. The van der Waals surface area contributed by atoms with Crippen molar-refractivity contribution in [2.45, 2.75) is 20.0 Å². The zero-order valence-electron chi connectivity index (χ0n) is 13.7. The lowest BCUT2D eigenvalue weighted by molar-refractivity contribution is -0.149. The van der Waals surface area contributed by atoms with E-state index >= 15 is 0 Å². The standard InChI is InChI=1S/C16H15Br2NO5S/c1-8(2)24-13(20)7-19-15(21)12(25-16(19)22)5-9-4-10(17)6-11(18)14(9)23-3/h4-6,8H,7H2,1-3H3/b12-5+. The van der Waals surface area contributed by atoms with E-state index in [2.05, 4.69) is 31.9 Å². The van der Waals surface area contributed by atoms with Crippen molar-refractivity contribution in [2.75, 3.05) is 13.7 Å². The summed E-state index contributed by atoms with van der Waals surface area (Å²) in [4.78, 5) is 37.3. The molecule has 0 saturated carbocycles. The topological polar surface area (TPSA) is 72.9 Å². The first kappa shape index (κ1) is 20.0. The summed E-state index contributed by atoms with van der Waals surface area (Å²) in [6.45, 7) is 2.99. The van der Waals surface area contributed by atoms with Gasteiger partial charge < -0.3 is 9.47 Å². The predicted molar refractivity (Wildman–Crippen MR) is 102 cm³/mol. The summed E-state index contributed by atoms with van der Waals surface area (Å²) in [7, 11) is 1.51. The van der Waals surface area contributed by atoms with Gasteiger partial charge in [-0.05, 0) is 59.7 Å². The molecule has 1 saturated heterocycles. The zero-order chi connectivity index (χ0) is 18.7. The van der Waals surface area contributed by atoms with Gasteiger partial charge in [-0.25, -0.2) is 0 Å². The number of ether oxygens (including phenoxy) is 2. The summed E-state index contributed by atoms with van der Waals surface area (Å²) in [5.74, 6) is -0.621. The number of carbonyl (C=O) groups excluding carboxylic acids is 3. The molecule has 2 amide bonds. The molecule has 25 heavy (non-hydrogen) atoms. The number of carbonyl (C=O) groups is 3. The largest absolute Gasteiger partial charge is 0.495 e. The molecule has 0 aliphatic carbocycles. The molecular weight excluding hydrogens is 478 g/mol. The summed E-state index contributed by atoms with van der Waals surface area (Å²) >= 11 is 7.54. The van der Waals surface area contributed by atoms with Crippen molar-refractivity contribution in [1.82, 2.24) is 4.90 Å². The summed E-state index contributed by atoms with van der Waals surface area (Å²) in [6.07, 6.45) is 1.25. The maximum Gasteiger partial charge on any atom is 0.326 e. The fraction of sp³-hybridized carbons (Fsp3) is 0.312. The van der Waals surface area contributed by atoms with Gasteiger partial charge in [0.1, 0.15) is 12.3 Å². The molecule has 6 nitrogen and oxygen atoms in total. The van der Waals surface area contributed by atoms with Gasteiger partial charge in [0.15, 0.2) is 0 Å². The number of amides is 2. The Balaban J connectivity index is 2.28. The third kappa shape index (κ3) is 4.86. The van der Waals surface area contributed by atoms with Gasteiger partial charge in [-0.15, -0.1) is 0 Å². The molecule has 1 aliphatic heterocycles. The molecule has 1 aliphatic rings. The Bertz CT molecular complexity index is 763. The lowest BCUT2D eigenvalue weighted by Gasteiger charge is -2.13. The van der Waals surface area contributed by atoms with Gasteiger partial charge in [0.2, 0.25) is 0 Å². The van der Waals surface area contributed by atoms with Crippen LogP contribution in [0.4, 0.5) is 4.79 Å². The average molecular weight is 493 g/mol. The normalized spacial score (nSPS) is 16.1. The summed E-state index contributed by atoms with van der Waals surface area (Å²) in [5.41, 5.74) is 0.624. The smallest absolute Gasteiger partial charge is 0.326 e. The van der Waals surface area contributed by atoms with Crippen molar-refractivity contribution in [3.8, 4) is 5.75 Å². The monoisotopic (exact) mass is 491 g/mol. The fourth-order valence-electron chi connectivity index (χ4n) is 2.11. The van der Waals surface area contributed by atoms with Crippen LogP contribution in [-0.2, 0) is 14.3 Å². The minimum atomic E-state index is -0.624. The van der Waals surface area contributed by atoms with Crippen LogP contribution in [0.5, 0.6) is 5.75 Å². The van der Waals surface area contributed by atoms with Gasteiger partial charge in [-0.1, -0.05) is 15.9 Å². The third-order valence-electron chi connectivity index (χ3n) is 3.06. The Labute approximate surface area is 166 Å². The molecule has 0 spiro atoms. The van der Waals surface area contributed by atoms with Gasteiger partial charge >= 0.3 is 5.97 Å². The molecule has 2 rings (SSSR count). The highest BCUT2D eigenvalue weighted by Gasteiger charge is 2.37. The number of thioether (sulfide) groups is 1. The molecule has 0 aromatic heterocycles. The first-order valence-corrected chi connectivity index (χ1v) is 9.61. The highest BCUT2D eigenvalue weighted by molar-refractivity contribution is 9.11.